The zero-order valence-electron chi connectivity index (χ0n) is 22.8. The van der Waals surface area contributed by atoms with E-state index in [1.165, 1.54) is 17.5 Å². The molecule has 5 rings (SSSR count). The highest BCUT2D eigenvalue weighted by atomic mass is 15.4. The molecule has 1 aliphatic carbocycles. The molecule has 3 aliphatic heterocycles. The highest BCUT2D eigenvalue weighted by Crippen LogP contribution is 2.31. The fourth-order valence-corrected chi connectivity index (χ4v) is 3.65. The van der Waals surface area contributed by atoms with Gasteiger partial charge in [-0.05, 0) is 49.6 Å². The van der Waals surface area contributed by atoms with Gasteiger partial charge in [0.25, 0.3) is 0 Å². The van der Waals surface area contributed by atoms with Crippen molar-refractivity contribution in [3.63, 3.8) is 0 Å². The van der Waals surface area contributed by atoms with Gasteiger partial charge in [0.2, 0.25) is 11.9 Å². The van der Waals surface area contributed by atoms with Gasteiger partial charge in [-0.25, -0.2) is 24.9 Å². The molecule has 0 spiro atoms. The zero-order chi connectivity index (χ0) is 26.0. The Kier molecular flexibility index (Phi) is 10.6. The molecular weight excluding hydrogens is 432 g/mol. The first kappa shape index (κ1) is 27.7. The summed E-state index contributed by atoms with van der Waals surface area (Å²) in [4.78, 5) is 22.3. The van der Waals surface area contributed by atoms with Gasteiger partial charge in [0.1, 0.15) is 6.34 Å². The molecule has 6 heteroatoms. The average Bonchev–Trinajstić information content (AvgIpc) is 2.92. The molecule has 0 saturated carbocycles. The molecule has 186 valence electrons. The average molecular weight is 473 g/mol. The molecule has 0 fully saturated rings. The van der Waals surface area contributed by atoms with Crippen LogP contribution >= 0.6 is 0 Å². The van der Waals surface area contributed by atoms with Crippen molar-refractivity contribution >= 4 is 35.4 Å². The van der Waals surface area contributed by atoms with Gasteiger partial charge in [0.15, 0.2) is 0 Å². The molecule has 3 heterocycles. The lowest BCUT2D eigenvalue weighted by Crippen LogP contribution is -2.40. The number of hydrogen-bond acceptors (Lipinski definition) is 6. The fraction of sp³-hybridized carbons (Fsp3) is 0.379. The molecule has 0 amide bonds. The number of guanidine groups is 2. The summed E-state index contributed by atoms with van der Waals surface area (Å²) in [6, 6.07) is 8.39. The van der Waals surface area contributed by atoms with Crippen LogP contribution in [0, 0.1) is 0 Å². The van der Waals surface area contributed by atoms with E-state index in [-0.39, 0.29) is 0 Å². The lowest BCUT2D eigenvalue weighted by molar-refractivity contribution is 0.737. The van der Waals surface area contributed by atoms with E-state index >= 15 is 0 Å². The number of anilines is 1. The molecule has 0 aromatic heterocycles. The second-order valence-electron chi connectivity index (χ2n) is 7.66. The summed E-state index contributed by atoms with van der Waals surface area (Å²) in [6.07, 6.45) is 12.1. The summed E-state index contributed by atoms with van der Waals surface area (Å²) < 4.78 is 0. The maximum absolute atomic E-state index is 4.78. The van der Waals surface area contributed by atoms with Crippen LogP contribution in [-0.2, 0) is 0 Å². The Labute approximate surface area is 211 Å². The highest BCUT2D eigenvalue weighted by molar-refractivity contribution is 6.22. The third-order valence-corrected chi connectivity index (χ3v) is 5.38. The Morgan fingerprint density at radius 1 is 0.800 bits per heavy atom. The van der Waals surface area contributed by atoms with Crippen LogP contribution in [0.1, 0.15) is 66.9 Å². The van der Waals surface area contributed by atoms with Gasteiger partial charge >= 0.3 is 0 Å². The first-order chi connectivity index (χ1) is 17.1. The lowest BCUT2D eigenvalue weighted by Gasteiger charge is -2.32. The van der Waals surface area contributed by atoms with Crippen molar-refractivity contribution in [2.24, 2.45) is 20.0 Å². The monoisotopic (exact) mass is 472 g/mol. The highest BCUT2D eigenvalue weighted by Gasteiger charge is 2.31. The summed E-state index contributed by atoms with van der Waals surface area (Å²) in [5, 5.41) is 0. The maximum atomic E-state index is 4.78. The Balaban J connectivity index is 0.000000671. The number of aliphatic imine (C=N–C) groups is 4. The Morgan fingerprint density at radius 3 is 2.09 bits per heavy atom. The lowest BCUT2D eigenvalue weighted by atomic mass is 9.94. The van der Waals surface area contributed by atoms with Crippen molar-refractivity contribution in [1.29, 1.82) is 0 Å². The number of allylic oxidation sites excluding steroid dienone is 6. The van der Waals surface area contributed by atoms with E-state index in [4.69, 9.17) is 9.98 Å². The summed E-state index contributed by atoms with van der Waals surface area (Å²) in [7, 11) is 4.07. The van der Waals surface area contributed by atoms with E-state index in [1.807, 2.05) is 60.5 Å². The van der Waals surface area contributed by atoms with Crippen LogP contribution in [0.2, 0.25) is 0 Å². The quantitative estimate of drug-likeness (QED) is 0.465. The largest absolute Gasteiger partial charge is 0.378 e. The van der Waals surface area contributed by atoms with Crippen LogP contribution in [0.4, 0.5) is 5.69 Å². The molecule has 0 radical (unpaired) electrons. The predicted octanol–water partition coefficient (Wildman–Crippen LogP) is 7.25. The minimum absolute atomic E-state index is 0.603. The maximum Gasteiger partial charge on any atom is 0.239 e. The van der Waals surface area contributed by atoms with E-state index in [1.54, 1.807) is 0 Å². The molecule has 0 N–H and O–H groups in total. The Morgan fingerprint density at radius 2 is 1.49 bits per heavy atom. The molecule has 6 nitrogen and oxygen atoms in total. The Bertz CT molecular complexity index is 1120. The summed E-state index contributed by atoms with van der Waals surface area (Å²) in [5.74, 6) is 1.23. The van der Waals surface area contributed by atoms with Gasteiger partial charge in [-0.3, -0.25) is 0 Å². The minimum Gasteiger partial charge on any atom is -0.378 e. The van der Waals surface area contributed by atoms with E-state index in [2.05, 4.69) is 70.4 Å². The van der Waals surface area contributed by atoms with Crippen LogP contribution in [0.15, 0.2) is 85.4 Å². The molecule has 0 saturated heterocycles. The number of hydrogen-bond donors (Lipinski definition) is 0. The minimum atomic E-state index is 0.603. The summed E-state index contributed by atoms with van der Waals surface area (Å²) >= 11 is 0. The van der Waals surface area contributed by atoms with Crippen molar-refractivity contribution in [3.8, 4) is 0 Å². The smallest absolute Gasteiger partial charge is 0.239 e. The van der Waals surface area contributed by atoms with Crippen LogP contribution in [0.25, 0.3) is 5.70 Å². The second-order valence-corrected chi connectivity index (χ2v) is 7.66. The summed E-state index contributed by atoms with van der Waals surface area (Å²) in [6.45, 7) is 14.2. The molecule has 0 unspecified atom stereocenters. The van der Waals surface area contributed by atoms with Crippen molar-refractivity contribution in [2.75, 3.05) is 19.0 Å². The molecule has 4 aliphatic rings. The van der Waals surface area contributed by atoms with Crippen LogP contribution in [0.5, 0.6) is 0 Å². The molecule has 35 heavy (non-hydrogen) atoms. The van der Waals surface area contributed by atoms with Gasteiger partial charge in [0, 0.05) is 25.3 Å². The fourth-order valence-electron chi connectivity index (χ4n) is 3.65. The van der Waals surface area contributed by atoms with E-state index < -0.39 is 0 Å². The van der Waals surface area contributed by atoms with E-state index in [9.17, 15) is 0 Å². The first-order valence-electron chi connectivity index (χ1n) is 12.7. The van der Waals surface area contributed by atoms with Crippen molar-refractivity contribution in [3.05, 3.63) is 71.0 Å². The second kappa shape index (κ2) is 13.4. The summed E-state index contributed by atoms with van der Waals surface area (Å²) in [5.41, 5.74) is 7.70. The predicted molar refractivity (Wildman–Crippen MR) is 155 cm³/mol. The number of rotatable bonds is 3. The van der Waals surface area contributed by atoms with Crippen molar-refractivity contribution in [1.82, 2.24) is 4.90 Å². The van der Waals surface area contributed by atoms with Crippen molar-refractivity contribution in [2.45, 2.75) is 61.3 Å². The molecule has 1 aromatic carbocycles. The standard InChI is InChI=1S/C23H22N6.3C2H6/c1-15-4-6-16(7-5-15)20-12-19-13-21(17-8-10-18(11-9-17)28(2)3)27-23-25-14-24-22(26-20)29(19)23;3*1-2/h4,6,8-14H,5,7H2,1-3H3;3*1-2H3. The van der Waals surface area contributed by atoms with Crippen LogP contribution < -0.4 is 4.90 Å². The third kappa shape index (κ3) is 6.32. The van der Waals surface area contributed by atoms with Gasteiger partial charge in [0.05, 0.1) is 17.1 Å². The first-order valence-corrected chi connectivity index (χ1v) is 12.7. The molecule has 0 atom stereocenters. The van der Waals surface area contributed by atoms with Gasteiger partial charge in [-0.2, -0.15) is 0 Å². The van der Waals surface area contributed by atoms with E-state index in [0.717, 1.165) is 41.2 Å². The van der Waals surface area contributed by atoms with Gasteiger partial charge < -0.3 is 4.90 Å². The number of nitrogens with zero attached hydrogens (tertiary/aromatic N) is 6. The van der Waals surface area contributed by atoms with E-state index in [0.29, 0.717) is 11.9 Å². The van der Waals surface area contributed by atoms with Crippen LogP contribution in [0.3, 0.4) is 0 Å². The number of benzene rings is 1. The topological polar surface area (TPSA) is 55.9 Å². The van der Waals surface area contributed by atoms with Gasteiger partial charge in [-0.15, -0.1) is 0 Å². The zero-order valence-corrected chi connectivity index (χ0v) is 22.8. The Hall–Kier alpha value is -3.54. The molecular formula is C29H40N6. The SMILES string of the molecule is CC.CC.CC.CC1=CC=C(C2=NC3=NC=NC4=NC(c5ccc(N(C)C)cc5)=CC(=C2)N34)CC1. The van der Waals surface area contributed by atoms with Crippen molar-refractivity contribution < 1.29 is 0 Å². The van der Waals surface area contributed by atoms with Gasteiger partial charge in [-0.1, -0.05) is 71.4 Å². The molecule has 0 bridgehead atoms. The molecule has 1 aromatic rings. The van der Waals surface area contributed by atoms with Crippen LogP contribution in [-0.4, -0.2) is 43.0 Å². The third-order valence-electron chi connectivity index (χ3n) is 5.38. The normalized spacial score (nSPS) is 16.9.